The number of carbonyl (C=O) groups excluding carboxylic acids is 1. The Labute approximate surface area is 135 Å². The highest BCUT2D eigenvalue weighted by molar-refractivity contribution is 8.05. The standard InChI is InChI=1S/C19H18O2S/c1-3-17(20)18-14(2)21-19(22-18,15-10-6-4-7-11-15)16-12-8-5-9-13-16/h4-13H,3H2,1-2H3. The molecule has 0 aromatic heterocycles. The SMILES string of the molecule is CCC(=O)C1=C(C)OC(c2ccccc2)(c2ccccc2)S1. The molecule has 2 aromatic carbocycles. The zero-order valence-corrected chi connectivity index (χ0v) is 13.5. The average molecular weight is 310 g/mol. The summed E-state index contributed by atoms with van der Waals surface area (Å²) in [6, 6.07) is 20.2. The van der Waals surface area contributed by atoms with Gasteiger partial charge in [-0.25, -0.2) is 0 Å². The Balaban J connectivity index is 2.11. The molecule has 1 aliphatic rings. The predicted octanol–water partition coefficient (Wildman–Crippen LogP) is 4.86. The maximum Gasteiger partial charge on any atom is 0.210 e. The van der Waals surface area contributed by atoms with Gasteiger partial charge >= 0.3 is 0 Å². The smallest absolute Gasteiger partial charge is 0.210 e. The predicted molar refractivity (Wildman–Crippen MR) is 90.3 cm³/mol. The van der Waals surface area contributed by atoms with Crippen molar-refractivity contribution < 1.29 is 9.53 Å². The number of thioether (sulfide) groups is 1. The molecule has 0 bridgehead atoms. The van der Waals surface area contributed by atoms with E-state index in [9.17, 15) is 4.79 Å². The Kier molecular flexibility index (Phi) is 4.08. The van der Waals surface area contributed by atoms with Gasteiger partial charge in [-0.05, 0) is 6.92 Å². The molecule has 22 heavy (non-hydrogen) atoms. The van der Waals surface area contributed by atoms with Crippen molar-refractivity contribution >= 4 is 17.5 Å². The van der Waals surface area contributed by atoms with Crippen molar-refractivity contribution in [2.45, 2.75) is 25.2 Å². The molecule has 112 valence electrons. The molecule has 1 aliphatic heterocycles. The van der Waals surface area contributed by atoms with Crippen LogP contribution < -0.4 is 0 Å². The van der Waals surface area contributed by atoms with E-state index in [2.05, 4.69) is 0 Å². The fourth-order valence-corrected chi connectivity index (χ4v) is 4.04. The molecule has 0 radical (unpaired) electrons. The number of hydrogen-bond donors (Lipinski definition) is 0. The molecule has 0 N–H and O–H groups in total. The molecular formula is C19H18O2S. The summed E-state index contributed by atoms with van der Waals surface area (Å²) in [5.41, 5.74) is 2.09. The van der Waals surface area contributed by atoms with Gasteiger partial charge < -0.3 is 4.74 Å². The first-order chi connectivity index (χ1) is 10.7. The zero-order valence-electron chi connectivity index (χ0n) is 12.7. The maximum absolute atomic E-state index is 12.2. The second-order valence-corrected chi connectivity index (χ2v) is 6.40. The molecule has 1 heterocycles. The number of hydrogen-bond acceptors (Lipinski definition) is 3. The number of rotatable bonds is 4. The molecule has 0 saturated heterocycles. The van der Waals surface area contributed by atoms with Gasteiger partial charge in [0.1, 0.15) is 5.76 Å². The van der Waals surface area contributed by atoms with Crippen LogP contribution in [0.3, 0.4) is 0 Å². The van der Waals surface area contributed by atoms with Crippen molar-refractivity contribution in [2.24, 2.45) is 0 Å². The van der Waals surface area contributed by atoms with Gasteiger partial charge in [0, 0.05) is 17.5 Å². The van der Waals surface area contributed by atoms with E-state index in [4.69, 9.17) is 4.74 Å². The van der Waals surface area contributed by atoms with E-state index < -0.39 is 4.93 Å². The second kappa shape index (κ2) is 6.01. The Hall–Kier alpha value is -2.00. The summed E-state index contributed by atoms with van der Waals surface area (Å²) in [7, 11) is 0. The molecule has 0 saturated carbocycles. The molecule has 0 amide bonds. The van der Waals surface area contributed by atoms with Crippen LogP contribution in [-0.4, -0.2) is 5.78 Å². The van der Waals surface area contributed by atoms with Gasteiger partial charge in [0.25, 0.3) is 0 Å². The van der Waals surface area contributed by atoms with Crippen LogP contribution in [0.1, 0.15) is 31.4 Å². The zero-order chi connectivity index (χ0) is 15.6. The van der Waals surface area contributed by atoms with Crippen LogP contribution in [0.15, 0.2) is 71.3 Å². The lowest BCUT2D eigenvalue weighted by Gasteiger charge is -2.29. The average Bonchev–Trinajstić information content (AvgIpc) is 2.94. The van der Waals surface area contributed by atoms with Crippen LogP contribution >= 0.6 is 11.8 Å². The molecule has 3 rings (SSSR count). The maximum atomic E-state index is 12.2. The van der Waals surface area contributed by atoms with Crippen molar-refractivity contribution in [3.63, 3.8) is 0 Å². The largest absolute Gasteiger partial charge is 0.471 e. The molecule has 2 nitrogen and oxygen atoms in total. The van der Waals surface area contributed by atoms with E-state index in [-0.39, 0.29) is 5.78 Å². The number of allylic oxidation sites excluding steroid dienone is 2. The van der Waals surface area contributed by atoms with Crippen molar-refractivity contribution in [2.75, 3.05) is 0 Å². The Morgan fingerprint density at radius 1 is 1.00 bits per heavy atom. The molecule has 0 atom stereocenters. The van der Waals surface area contributed by atoms with Gasteiger partial charge in [0.05, 0.1) is 4.91 Å². The first kappa shape index (κ1) is 14.9. The number of Topliss-reactive ketones (excluding diaryl/α,β-unsaturated/α-hetero) is 1. The third-order valence-corrected chi connectivity index (χ3v) is 5.31. The molecule has 0 spiro atoms. The second-order valence-electron chi connectivity index (χ2n) is 5.21. The minimum atomic E-state index is -0.674. The summed E-state index contributed by atoms with van der Waals surface area (Å²) >= 11 is 1.51. The Morgan fingerprint density at radius 3 is 1.95 bits per heavy atom. The summed E-state index contributed by atoms with van der Waals surface area (Å²) in [6.45, 7) is 3.76. The molecule has 0 unspecified atom stereocenters. The lowest BCUT2D eigenvalue weighted by atomic mass is 10.0. The summed E-state index contributed by atoms with van der Waals surface area (Å²) < 4.78 is 6.28. The van der Waals surface area contributed by atoms with Gasteiger partial charge in [-0.2, -0.15) is 0 Å². The summed E-state index contributed by atoms with van der Waals surface area (Å²) in [5, 5.41) is 0. The van der Waals surface area contributed by atoms with E-state index in [1.54, 1.807) is 0 Å². The highest BCUT2D eigenvalue weighted by Crippen LogP contribution is 2.54. The first-order valence-corrected chi connectivity index (χ1v) is 8.22. The summed E-state index contributed by atoms with van der Waals surface area (Å²) in [4.78, 5) is 12.3. The topological polar surface area (TPSA) is 26.3 Å². The molecule has 3 heteroatoms. The van der Waals surface area contributed by atoms with Crippen LogP contribution in [0.2, 0.25) is 0 Å². The highest BCUT2D eigenvalue weighted by Gasteiger charge is 2.45. The van der Waals surface area contributed by atoms with Crippen molar-refractivity contribution in [3.8, 4) is 0 Å². The Morgan fingerprint density at radius 2 is 1.50 bits per heavy atom. The Bertz CT molecular complexity index is 665. The van der Waals surface area contributed by atoms with E-state index in [1.807, 2.05) is 74.5 Å². The minimum Gasteiger partial charge on any atom is -0.471 e. The van der Waals surface area contributed by atoms with Gasteiger partial charge in [-0.3, -0.25) is 4.79 Å². The van der Waals surface area contributed by atoms with E-state index >= 15 is 0 Å². The summed E-state index contributed by atoms with van der Waals surface area (Å²) in [5.74, 6) is 0.848. The van der Waals surface area contributed by atoms with Gasteiger partial charge in [-0.1, -0.05) is 79.3 Å². The van der Waals surface area contributed by atoms with E-state index in [1.165, 1.54) is 11.8 Å². The van der Waals surface area contributed by atoms with Crippen LogP contribution in [0, 0.1) is 0 Å². The normalized spacial score (nSPS) is 16.5. The van der Waals surface area contributed by atoms with E-state index in [0.717, 1.165) is 16.0 Å². The van der Waals surface area contributed by atoms with Gasteiger partial charge in [0.2, 0.25) is 4.93 Å². The molecule has 0 aliphatic carbocycles. The third kappa shape index (κ3) is 2.46. The van der Waals surface area contributed by atoms with Crippen LogP contribution in [0.25, 0.3) is 0 Å². The van der Waals surface area contributed by atoms with Gasteiger partial charge in [-0.15, -0.1) is 0 Å². The third-order valence-electron chi connectivity index (χ3n) is 3.74. The molecule has 0 fully saturated rings. The van der Waals surface area contributed by atoms with Crippen molar-refractivity contribution in [1.82, 2.24) is 0 Å². The first-order valence-electron chi connectivity index (χ1n) is 7.40. The molecule has 2 aromatic rings. The van der Waals surface area contributed by atoms with Crippen LogP contribution in [0.5, 0.6) is 0 Å². The van der Waals surface area contributed by atoms with Crippen LogP contribution in [-0.2, 0) is 14.5 Å². The highest BCUT2D eigenvalue weighted by atomic mass is 32.2. The fourth-order valence-electron chi connectivity index (χ4n) is 2.63. The minimum absolute atomic E-state index is 0.135. The quantitative estimate of drug-likeness (QED) is 0.806. The lowest BCUT2D eigenvalue weighted by molar-refractivity contribution is -0.114. The number of benzene rings is 2. The van der Waals surface area contributed by atoms with Crippen molar-refractivity contribution in [3.05, 3.63) is 82.5 Å². The van der Waals surface area contributed by atoms with Gasteiger partial charge in [0.15, 0.2) is 5.78 Å². The summed E-state index contributed by atoms with van der Waals surface area (Å²) in [6.07, 6.45) is 0.489. The van der Waals surface area contributed by atoms with Crippen LogP contribution in [0.4, 0.5) is 0 Å². The number of ether oxygens (including phenoxy) is 1. The molecular weight excluding hydrogens is 292 g/mol. The van der Waals surface area contributed by atoms with Crippen molar-refractivity contribution in [1.29, 1.82) is 0 Å². The number of carbonyl (C=O) groups is 1. The fraction of sp³-hybridized carbons (Fsp3) is 0.211. The number of ketones is 1. The lowest BCUT2D eigenvalue weighted by Crippen LogP contribution is -2.23. The monoisotopic (exact) mass is 310 g/mol. The van der Waals surface area contributed by atoms with E-state index in [0.29, 0.717) is 12.2 Å².